The van der Waals surface area contributed by atoms with E-state index in [1.807, 2.05) is 73.3 Å². The van der Waals surface area contributed by atoms with Crippen molar-refractivity contribution in [1.82, 2.24) is 4.90 Å². The van der Waals surface area contributed by atoms with Gasteiger partial charge in [-0.15, -0.1) is 0 Å². The van der Waals surface area contributed by atoms with Crippen molar-refractivity contribution in [3.63, 3.8) is 0 Å². The maximum absolute atomic E-state index is 13.4. The molecule has 4 rings (SSSR count). The van der Waals surface area contributed by atoms with Gasteiger partial charge in [-0.25, -0.2) is 4.39 Å². The van der Waals surface area contributed by atoms with Crippen LogP contribution in [0.15, 0.2) is 108 Å². The topological polar surface area (TPSA) is 63.7 Å². The van der Waals surface area contributed by atoms with Gasteiger partial charge in [-0.05, 0) is 78.6 Å². The van der Waals surface area contributed by atoms with E-state index >= 15 is 0 Å². The molecule has 1 unspecified atom stereocenters. The number of hydrogen-bond donors (Lipinski definition) is 0. The van der Waals surface area contributed by atoms with E-state index in [0.29, 0.717) is 12.1 Å². The average molecular weight is 518 g/mol. The number of benzene rings is 4. The zero-order valence-corrected chi connectivity index (χ0v) is 21.5. The van der Waals surface area contributed by atoms with E-state index < -0.39 is 15.9 Å². The van der Waals surface area contributed by atoms with Gasteiger partial charge in [0.05, 0.1) is 0 Å². The fourth-order valence-corrected chi connectivity index (χ4v) is 4.80. The molecule has 0 N–H and O–H groups in total. The number of carbonyl (C=O) groups excluding carboxylic acids is 1. The molecule has 0 aliphatic heterocycles. The molecule has 4 aromatic rings. The lowest BCUT2D eigenvalue weighted by molar-refractivity contribution is 0.0671. The van der Waals surface area contributed by atoms with Crippen LogP contribution >= 0.6 is 0 Å². The van der Waals surface area contributed by atoms with Crippen molar-refractivity contribution in [3.8, 4) is 16.9 Å². The SMILES string of the molecule is CCC(C)N(Cc1ccc(OS(=O)(=O)c2ccc(F)cc2)cc1)C(=O)c1ccc(-c2ccccc2)cc1. The fourth-order valence-electron chi connectivity index (χ4n) is 3.87. The highest BCUT2D eigenvalue weighted by atomic mass is 32.2. The first-order valence-electron chi connectivity index (χ1n) is 12.0. The van der Waals surface area contributed by atoms with Crippen LogP contribution in [0.25, 0.3) is 11.1 Å². The monoisotopic (exact) mass is 517 g/mol. The van der Waals surface area contributed by atoms with Crippen LogP contribution in [-0.4, -0.2) is 25.3 Å². The highest BCUT2D eigenvalue weighted by Crippen LogP contribution is 2.23. The second kappa shape index (κ2) is 11.4. The molecule has 0 aliphatic carbocycles. The molecule has 7 heteroatoms. The van der Waals surface area contributed by atoms with E-state index in [2.05, 4.69) is 0 Å². The Labute approximate surface area is 217 Å². The molecule has 0 radical (unpaired) electrons. The van der Waals surface area contributed by atoms with Gasteiger partial charge in [0.25, 0.3) is 5.91 Å². The summed E-state index contributed by atoms with van der Waals surface area (Å²) in [5.74, 6) is -0.477. The largest absolute Gasteiger partial charge is 0.379 e. The van der Waals surface area contributed by atoms with Crippen molar-refractivity contribution >= 4 is 16.0 Å². The van der Waals surface area contributed by atoms with Crippen LogP contribution in [-0.2, 0) is 16.7 Å². The summed E-state index contributed by atoms with van der Waals surface area (Å²) in [6.45, 7) is 4.39. The fraction of sp³-hybridized carbons (Fsp3) is 0.167. The van der Waals surface area contributed by atoms with Crippen LogP contribution in [0.3, 0.4) is 0 Å². The Hall–Kier alpha value is -3.97. The third-order valence-corrected chi connectivity index (χ3v) is 7.47. The van der Waals surface area contributed by atoms with Gasteiger partial charge in [-0.1, -0.05) is 61.5 Å². The van der Waals surface area contributed by atoms with Gasteiger partial charge in [0.2, 0.25) is 0 Å². The summed E-state index contributed by atoms with van der Waals surface area (Å²) in [7, 11) is -4.09. The molecule has 0 saturated carbocycles. The summed E-state index contributed by atoms with van der Waals surface area (Å²) in [6, 6.07) is 28.6. The Morgan fingerprint density at radius 2 is 1.43 bits per heavy atom. The summed E-state index contributed by atoms with van der Waals surface area (Å²) in [4.78, 5) is 15.1. The summed E-state index contributed by atoms with van der Waals surface area (Å²) < 4.78 is 43.2. The van der Waals surface area contributed by atoms with Gasteiger partial charge in [0.1, 0.15) is 16.5 Å². The zero-order chi connectivity index (χ0) is 26.4. The van der Waals surface area contributed by atoms with Crippen molar-refractivity contribution in [2.75, 3.05) is 0 Å². The molecule has 0 spiro atoms. The minimum absolute atomic E-state index is 0.00363. The summed E-state index contributed by atoms with van der Waals surface area (Å²) >= 11 is 0. The van der Waals surface area contributed by atoms with E-state index in [1.165, 1.54) is 0 Å². The normalized spacial score (nSPS) is 12.1. The van der Waals surface area contributed by atoms with Crippen LogP contribution < -0.4 is 4.18 Å². The maximum atomic E-state index is 13.4. The standard InChI is InChI=1S/C30H28FNO4S/c1-3-22(2)32(30(33)26-13-11-25(12-14-26)24-7-5-4-6-8-24)21-23-9-17-28(18-10-23)36-37(34,35)29-19-15-27(31)16-20-29/h4-20,22H,3,21H2,1-2H3. The van der Waals surface area contributed by atoms with E-state index in [0.717, 1.165) is 47.4 Å². The van der Waals surface area contributed by atoms with Gasteiger partial charge in [-0.2, -0.15) is 8.42 Å². The Balaban J connectivity index is 1.48. The first-order chi connectivity index (χ1) is 17.8. The van der Waals surface area contributed by atoms with Crippen molar-refractivity contribution in [2.24, 2.45) is 0 Å². The lowest BCUT2D eigenvalue weighted by Gasteiger charge is -2.29. The summed E-state index contributed by atoms with van der Waals surface area (Å²) in [6.07, 6.45) is 0.783. The van der Waals surface area contributed by atoms with Crippen LogP contribution in [0.5, 0.6) is 5.75 Å². The molecule has 190 valence electrons. The van der Waals surface area contributed by atoms with E-state index in [4.69, 9.17) is 4.18 Å². The smallest absolute Gasteiger partial charge is 0.339 e. The van der Waals surface area contributed by atoms with Crippen LogP contribution in [0.2, 0.25) is 0 Å². The average Bonchev–Trinajstić information content (AvgIpc) is 2.92. The molecular weight excluding hydrogens is 489 g/mol. The van der Waals surface area contributed by atoms with Crippen LogP contribution in [0.4, 0.5) is 4.39 Å². The molecule has 5 nitrogen and oxygen atoms in total. The molecule has 4 aromatic carbocycles. The lowest BCUT2D eigenvalue weighted by atomic mass is 10.0. The third-order valence-electron chi connectivity index (χ3n) is 6.21. The number of carbonyl (C=O) groups is 1. The number of hydrogen-bond acceptors (Lipinski definition) is 4. The number of amides is 1. The molecular formula is C30H28FNO4S. The molecule has 0 heterocycles. The third kappa shape index (κ3) is 6.43. The highest BCUT2D eigenvalue weighted by Gasteiger charge is 2.22. The van der Waals surface area contributed by atoms with E-state index in [1.54, 1.807) is 24.3 Å². The Kier molecular flexibility index (Phi) is 8.04. The number of rotatable bonds is 9. The lowest BCUT2D eigenvalue weighted by Crippen LogP contribution is -2.37. The van der Waals surface area contributed by atoms with Gasteiger partial charge >= 0.3 is 10.1 Å². The number of halogens is 1. The molecule has 0 bridgehead atoms. The zero-order valence-electron chi connectivity index (χ0n) is 20.7. The molecule has 0 saturated heterocycles. The number of nitrogens with zero attached hydrogens (tertiary/aromatic N) is 1. The molecule has 1 atom stereocenters. The molecule has 0 fully saturated rings. The second-order valence-electron chi connectivity index (χ2n) is 8.77. The van der Waals surface area contributed by atoms with Crippen molar-refractivity contribution < 1.29 is 21.8 Å². The molecule has 0 aliphatic rings. The van der Waals surface area contributed by atoms with Crippen LogP contribution in [0, 0.1) is 5.82 Å². The minimum atomic E-state index is -4.09. The minimum Gasteiger partial charge on any atom is -0.379 e. The van der Waals surface area contributed by atoms with Crippen molar-refractivity contribution in [2.45, 2.75) is 37.8 Å². The first-order valence-corrected chi connectivity index (χ1v) is 13.4. The quantitative estimate of drug-likeness (QED) is 0.232. The Morgan fingerprint density at radius 1 is 0.838 bits per heavy atom. The van der Waals surface area contributed by atoms with Gasteiger partial charge in [-0.3, -0.25) is 4.79 Å². The maximum Gasteiger partial charge on any atom is 0.339 e. The first kappa shape index (κ1) is 26.1. The Morgan fingerprint density at radius 3 is 2.03 bits per heavy atom. The Bertz CT molecular complexity index is 1440. The summed E-state index contributed by atoms with van der Waals surface area (Å²) in [5.41, 5.74) is 3.56. The van der Waals surface area contributed by atoms with Gasteiger partial charge < -0.3 is 9.08 Å². The predicted octanol–water partition coefficient (Wildman–Crippen LogP) is 6.70. The molecule has 1 amide bonds. The van der Waals surface area contributed by atoms with Gasteiger partial charge in [0.15, 0.2) is 0 Å². The van der Waals surface area contributed by atoms with Crippen molar-refractivity contribution in [3.05, 3.63) is 120 Å². The van der Waals surface area contributed by atoms with Crippen LogP contribution in [0.1, 0.15) is 36.2 Å². The van der Waals surface area contributed by atoms with Gasteiger partial charge in [0, 0.05) is 18.2 Å². The predicted molar refractivity (Wildman–Crippen MR) is 142 cm³/mol. The van der Waals surface area contributed by atoms with E-state index in [9.17, 15) is 17.6 Å². The summed E-state index contributed by atoms with van der Waals surface area (Å²) in [5, 5.41) is 0. The van der Waals surface area contributed by atoms with Crippen molar-refractivity contribution in [1.29, 1.82) is 0 Å². The second-order valence-corrected chi connectivity index (χ2v) is 10.3. The molecule has 0 aromatic heterocycles. The molecule has 37 heavy (non-hydrogen) atoms. The van der Waals surface area contributed by atoms with E-state index in [-0.39, 0.29) is 22.6 Å². The highest BCUT2D eigenvalue weighted by molar-refractivity contribution is 7.87.